The molecule has 20 heavy (non-hydrogen) atoms. The lowest BCUT2D eigenvalue weighted by atomic mass is 10.2. The Morgan fingerprint density at radius 1 is 1.25 bits per heavy atom. The third kappa shape index (κ3) is 3.20. The summed E-state index contributed by atoms with van der Waals surface area (Å²) in [4.78, 5) is 6.59. The summed E-state index contributed by atoms with van der Waals surface area (Å²) in [6, 6.07) is 8.53. The van der Waals surface area contributed by atoms with Gasteiger partial charge in [0.2, 0.25) is 0 Å². The Morgan fingerprint density at radius 3 is 2.80 bits per heavy atom. The van der Waals surface area contributed by atoms with Gasteiger partial charge in [-0.05, 0) is 57.7 Å². The summed E-state index contributed by atoms with van der Waals surface area (Å²) in [7, 11) is 2.14. The van der Waals surface area contributed by atoms with E-state index in [0.29, 0.717) is 5.13 Å². The Bertz CT molecular complexity index is 735. The van der Waals surface area contributed by atoms with E-state index in [-0.39, 0.29) is 0 Å². The number of hydrogen-bond acceptors (Lipinski definition) is 5. The molecular formula is C14H14BrN3S2. The Kier molecular flexibility index (Phi) is 4.07. The van der Waals surface area contributed by atoms with Crippen molar-refractivity contribution in [1.29, 1.82) is 0 Å². The average molecular weight is 368 g/mol. The topological polar surface area (TPSA) is 42.2 Å². The summed E-state index contributed by atoms with van der Waals surface area (Å²) in [5, 5.41) is 2.82. The van der Waals surface area contributed by atoms with Gasteiger partial charge in [0, 0.05) is 13.1 Å². The lowest BCUT2D eigenvalue weighted by Gasteiger charge is -2.15. The number of anilines is 1. The summed E-state index contributed by atoms with van der Waals surface area (Å²) in [5.41, 5.74) is 9.36. The van der Waals surface area contributed by atoms with Crippen molar-refractivity contribution in [2.75, 3.05) is 12.8 Å². The molecule has 2 N–H and O–H groups in total. The minimum Gasteiger partial charge on any atom is -0.375 e. The fourth-order valence-electron chi connectivity index (χ4n) is 2.19. The fourth-order valence-corrected chi connectivity index (χ4v) is 4.19. The number of rotatable bonds is 4. The molecule has 0 fully saturated rings. The Balaban J connectivity index is 1.71. The molecule has 0 unspecified atom stereocenters. The predicted molar refractivity (Wildman–Crippen MR) is 91.2 cm³/mol. The van der Waals surface area contributed by atoms with Gasteiger partial charge in [0.15, 0.2) is 5.13 Å². The summed E-state index contributed by atoms with van der Waals surface area (Å²) in [6.07, 6.45) is 0. The van der Waals surface area contributed by atoms with Crippen molar-refractivity contribution in [1.82, 2.24) is 9.88 Å². The average Bonchev–Trinajstić information content (AvgIpc) is 2.93. The number of nitrogens with zero attached hydrogens (tertiary/aromatic N) is 2. The van der Waals surface area contributed by atoms with Crippen molar-refractivity contribution in [3.63, 3.8) is 0 Å². The largest absolute Gasteiger partial charge is 0.375 e. The van der Waals surface area contributed by atoms with Gasteiger partial charge in [-0.3, -0.25) is 4.90 Å². The van der Waals surface area contributed by atoms with Crippen molar-refractivity contribution in [3.8, 4) is 0 Å². The molecule has 0 atom stereocenters. The van der Waals surface area contributed by atoms with E-state index in [4.69, 9.17) is 5.73 Å². The van der Waals surface area contributed by atoms with Crippen molar-refractivity contribution >= 4 is 54.0 Å². The highest BCUT2D eigenvalue weighted by molar-refractivity contribution is 9.11. The van der Waals surface area contributed by atoms with Crippen LogP contribution in [0.3, 0.4) is 0 Å². The minimum absolute atomic E-state index is 0.633. The first-order chi connectivity index (χ1) is 9.60. The second-order valence-corrected chi connectivity index (χ2v) is 8.14. The molecule has 0 aliphatic heterocycles. The van der Waals surface area contributed by atoms with Crippen LogP contribution in [0.2, 0.25) is 0 Å². The molecule has 0 amide bonds. The summed E-state index contributed by atoms with van der Waals surface area (Å²) < 4.78 is 2.34. The smallest absolute Gasteiger partial charge is 0.181 e. The second kappa shape index (κ2) is 5.81. The molecule has 0 radical (unpaired) electrons. The Morgan fingerprint density at radius 2 is 2.05 bits per heavy atom. The number of hydrogen-bond donors (Lipinski definition) is 1. The van der Waals surface area contributed by atoms with Crippen molar-refractivity contribution in [3.05, 3.63) is 44.6 Å². The van der Waals surface area contributed by atoms with Crippen molar-refractivity contribution in [2.24, 2.45) is 0 Å². The maximum absolute atomic E-state index is 5.74. The van der Waals surface area contributed by atoms with Gasteiger partial charge in [-0.2, -0.15) is 0 Å². The molecule has 3 nitrogen and oxygen atoms in total. The molecule has 3 rings (SSSR count). The van der Waals surface area contributed by atoms with Crippen LogP contribution < -0.4 is 5.73 Å². The van der Waals surface area contributed by atoms with Crippen LogP contribution in [0, 0.1) is 0 Å². The monoisotopic (exact) mass is 367 g/mol. The second-order valence-electron chi connectivity index (χ2n) is 4.79. The van der Waals surface area contributed by atoms with Gasteiger partial charge in [-0.15, -0.1) is 11.3 Å². The van der Waals surface area contributed by atoms with E-state index in [9.17, 15) is 0 Å². The SMILES string of the molecule is CN(Cc1csc(Br)c1)Cc1ccc2nc(N)sc2c1. The zero-order chi connectivity index (χ0) is 14.1. The third-order valence-electron chi connectivity index (χ3n) is 3.00. The fraction of sp³-hybridized carbons (Fsp3) is 0.214. The van der Waals surface area contributed by atoms with E-state index in [1.807, 2.05) is 6.07 Å². The third-order valence-corrected chi connectivity index (χ3v) is 5.40. The molecule has 0 bridgehead atoms. The molecule has 0 saturated carbocycles. The summed E-state index contributed by atoms with van der Waals surface area (Å²) >= 11 is 6.77. The van der Waals surface area contributed by atoms with E-state index in [2.05, 4.69) is 56.4 Å². The normalized spacial score (nSPS) is 11.6. The molecule has 1 aromatic carbocycles. The number of aromatic nitrogens is 1. The number of thiazole rings is 1. The molecule has 0 saturated heterocycles. The van der Waals surface area contributed by atoms with Crippen LogP contribution in [-0.4, -0.2) is 16.9 Å². The standard InChI is InChI=1S/C14H14BrN3S2/c1-18(7-10-5-13(15)19-8-10)6-9-2-3-11-12(4-9)20-14(16)17-11/h2-5,8H,6-7H2,1H3,(H2,16,17). The van der Waals surface area contributed by atoms with Gasteiger partial charge in [0.25, 0.3) is 0 Å². The number of benzene rings is 1. The van der Waals surface area contributed by atoms with E-state index in [1.54, 1.807) is 22.7 Å². The predicted octanol–water partition coefficient (Wildman–Crippen LogP) is 4.33. The van der Waals surface area contributed by atoms with Crippen molar-refractivity contribution < 1.29 is 0 Å². The Labute approximate surface area is 134 Å². The molecule has 0 spiro atoms. The van der Waals surface area contributed by atoms with Crippen LogP contribution in [0.5, 0.6) is 0 Å². The number of nitrogens with two attached hydrogens (primary N) is 1. The van der Waals surface area contributed by atoms with Crippen LogP contribution >= 0.6 is 38.6 Å². The number of thiophene rings is 1. The summed E-state index contributed by atoms with van der Waals surface area (Å²) in [5.74, 6) is 0. The molecule has 6 heteroatoms. The lowest BCUT2D eigenvalue weighted by Crippen LogP contribution is -2.16. The first kappa shape index (κ1) is 14.0. The summed E-state index contributed by atoms with van der Waals surface area (Å²) in [6.45, 7) is 1.87. The van der Waals surface area contributed by atoms with Crippen LogP contribution in [-0.2, 0) is 13.1 Å². The first-order valence-corrected chi connectivity index (χ1v) is 8.65. The number of fused-ring (bicyclic) bond motifs is 1. The van der Waals surface area contributed by atoms with Crippen LogP contribution in [0.25, 0.3) is 10.2 Å². The quantitative estimate of drug-likeness (QED) is 0.745. The zero-order valence-corrected chi connectivity index (χ0v) is 14.2. The molecule has 2 heterocycles. The van der Waals surface area contributed by atoms with E-state index >= 15 is 0 Å². The minimum atomic E-state index is 0.633. The van der Waals surface area contributed by atoms with Gasteiger partial charge in [-0.1, -0.05) is 17.4 Å². The molecule has 0 aliphatic carbocycles. The van der Waals surface area contributed by atoms with Gasteiger partial charge < -0.3 is 5.73 Å². The molecule has 104 valence electrons. The van der Waals surface area contributed by atoms with Crippen LogP contribution in [0.15, 0.2) is 33.4 Å². The highest BCUT2D eigenvalue weighted by Crippen LogP contribution is 2.25. The number of halogens is 1. The van der Waals surface area contributed by atoms with Crippen LogP contribution in [0.1, 0.15) is 11.1 Å². The lowest BCUT2D eigenvalue weighted by molar-refractivity contribution is 0.319. The van der Waals surface area contributed by atoms with Crippen molar-refractivity contribution in [2.45, 2.75) is 13.1 Å². The van der Waals surface area contributed by atoms with Gasteiger partial charge in [-0.25, -0.2) is 4.98 Å². The maximum atomic E-state index is 5.74. The maximum Gasteiger partial charge on any atom is 0.181 e. The van der Waals surface area contributed by atoms with Crippen LogP contribution in [0.4, 0.5) is 5.13 Å². The van der Waals surface area contributed by atoms with E-state index in [0.717, 1.165) is 23.3 Å². The Hall–Kier alpha value is -0.950. The molecule has 0 aliphatic rings. The van der Waals surface area contributed by atoms with Gasteiger partial charge >= 0.3 is 0 Å². The van der Waals surface area contributed by atoms with E-state index in [1.165, 1.54) is 14.9 Å². The van der Waals surface area contributed by atoms with Gasteiger partial charge in [0.05, 0.1) is 14.0 Å². The highest BCUT2D eigenvalue weighted by Gasteiger charge is 2.06. The molecular weight excluding hydrogens is 354 g/mol. The highest BCUT2D eigenvalue weighted by atomic mass is 79.9. The molecule has 2 aromatic heterocycles. The zero-order valence-electron chi connectivity index (χ0n) is 11.0. The number of nitrogen functional groups attached to an aromatic ring is 1. The first-order valence-electron chi connectivity index (χ1n) is 6.16. The van der Waals surface area contributed by atoms with Gasteiger partial charge in [0.1, 0.15) is 0 Å². The molecule has 3 aromatic rings. The van der Waals surface area contributed by atoms with E-state index < -0.39 is 0 Å².